The van der Waals surface area contributed by atoms with E-state index in [4.69, 9.17) is 0 Å². The SMILES string of the molecule is CC(NC1CC2CCC1(C)C2(C)C)c1cccs1. The van der Waals surface area contributed by atoms with Crippen LogP contribution in [0.3, 0.4) is 0 Å². The van der Waals surface area contributed by atoms with Crippen molar-refractivity contribution in [1.82, 2.24) is 5.32 Å². The summed E-state index contributed by atoms with van der Waals surface area (Å²) in [4.78, 5) is 1.47. The van der Waals surface area contributed by atoms with Crippen molar-refractivity contribution in [2.75, 3.05) is 0 Å². The van der Waals surface area contributed by atoms with Gasteiger partial charge in [-0.2, -0.15) is 0 Å². The fourth-order valence-corrected chi connectivity index (χ4v) is 5.12. The van der Waals surface area contributed by atoms with E-state index in [0.29, 0.717) is 22.9 Å². The molecule has 18 heavy (non-hydrogen) atoms. The average molecular weight is 263 g/mol. The van der Waals surface area contributed by atoms with Gasteiger partial charge in [0.25, 0.3) is 0 Å². The number of hydrogen-bond acceptors (Lipinski definition) is 2. The van der Waals surface area contributed by atoms with Crippen molar-refractivity contribution in [3.8, 4) is 0 Å². The highest BCUT2D eigenvalue weighted by atomic mass is 32.1. The van der Waals surface area contributed by atoms with E-state index >= 15 is 0 Å². The lowest BCUT2D eigenvalue weighted by molar-refractivity contribution is 0.116. The Kier molecular flexibility index (Phi) is 2.87. The Labute approximate surface area is 115 Å². The van der Waals surface area contributed by atoms with Gasteiger partial charge in [0.15, 0.2) is 0 Å². The smallest absolute Gasteiger partial charge is 0.0388 e. The highest BCUT2D eigenvalue weighted by molar-refractivity contribution is 7.10. The Morgan fingerprint density at radius 3 is 2.67 bits per heavy atom. The molecule has 0 spiro atoms. The van der Waals surface area contributed by atoms with Crippen molar-refractivity contribution in [1.29, 1.82) is 0 Å². The fraction of sp³-hybridized carbons (Fsp3) is 0.750. The molecular formula is C16H25NS. The van der Waals surface area contributed by atoms with Gasteiger partial charge in [0.1, 0.15) is 0 Å². The summed E-state index contributed by atoms with van der Waals surface area (Å²) in [5.41, 5.74) is 1.00. The van der Waals surface area contributed by atoms with Crippen LogP contribution in [0.4, 0.5) is 0 Å². The molecule has 4 unspecified atom stereocenters. The first-order valence-electron chi connectivity index (χ1n) is 7.24. The first-order chi connectivity index (χ1) is 8.45. The summed E-state index contributed by atoms with van der Waals surface area (Å²) in [5, 5.41) is 6.10. The molecule has 1 N–H and O–H groups in total. The Hall–Kier alpha value is -0.340. The topological polar surface area (TPSA) is 12.0 Å². The van der Waals surface area contributed by atoms with Crippen molar-refractivity contribution in [3.63, 3.8) is 0 Å². The van der Waals surface area contributed by atoms with Gasteiger partial charge in [-0.25, -0.2) is 0 Å². The van der Waals surface area contributed by atoms with E-state index in [0.717, 1.165) is 5.92 Å². The second kappa shape index (κ2) is 4.08. The number of hydrogen-bond donors (Lipinski definition) is 1. The molecular weight excluding hydrogens is 238 g/mol. The van der Waals surface area contributed by atoms with Crippen LogP contribution in [0.1, 0.15) is 57.9 Å². The Balaban J connectivity index is 1.76. The first kappa shape index (κ1) is 12.7. The summed E-state index contributed by atoms with van der Waals surface area (Å²) < 4.78 is 0. The second-order valence-electron chi connectivity index (χ2n) is 7.07. The van der Waals surface area contributed by atoms with Crippen LogP contribution in [0.5, 0.6) is 0 Å². The second-order valence-corrected chi connectivity index (χ2v) is 8.05. The van der Waals surface area contributed by atoms with Crippen LogP contribution in [0, 0.1) is 16.7 Å². The zero-order valence-corrected chi connectivity index (χ0v) is 12.8. The van der Waals surface area contributed by atoms with Crippen LogP contribution in [-0.4, -0.2) is 6.04 Å². The van der Waals surface area contributed by atoms with Crippen LogP contribution in [0.15, 0.2) is 17.5 Å². The highest BCUT2D eigenvalue weighted by Crippen LogP contribution is 2.65. The van der Waals surface area contributed by atoms with E-state index < -0.39 is 0 Å². The minimum absolute atomic E-state index is 0.489. The highest BCUT2D eigenvalue weighted by Gasteiger charge is 2.61. The molecule has 3 rings (SSSR count). The molecule has 0 aromatic carbocycles. The third-order valence-corrected chi connectivity index (χ3v) is 7.27. The van der Waals surface area contributed by atoms with Crippen LogP contribution >= 0.6 is 11.3 Å². The van der Waals surface area contributed by atoms with Crippen LogP contribution < -0.4 is 5.32 Å². The number of fused-ring (bicyclic) bond motifs is 2. The van der Waals surface area contributed by atoms with Crippen LogP contribution in [0.25, 0.3) is 0 Å². The van der Waals surface area contributed by atoms with Crippen molar-refractivity contribution in [2.24, 2.45) is 16.7 Å². The lowest BCUT2D eigenvalue weighted by Gasteiger charge is -2.40. The van der Waals surface area contributed by atoms with Gasteiger partial charge in [-0.15, -0.1) is 11.3 Å². The molecule has 0 amide bonds. The molecule has 2 fully saturated rings. The van der Waals surface area contributed by atoms with Gasteiger partial charge in [0, 0.05) is 17.0 Å². The summed E-state index contributed by atoms with van der Waals surface area (Å²) in [6.07, 6.45) is 4.22. The monoisotopic (exact) mass is 263 g/mol. The average Bonchev–Trinajstić information content (AvgIpc) is 2.95. The van der Waals surface area contributed by atoms with Gasteiger partial charge in [-0.3, -0.25) is 0 Å². The van der Waals surface area contributed by atoms with Gasteiger partial charge in [-0.1, -0.05) is 26.8 Å². The van der Waals surface area contributed by atoms with E-state index in [1.165, 1.54) is 24.1 Å². The number of nitrogens with one attached hydrogen (secondary N) is 1. The molecule has 2 bridgehead atoms. The zero-order valence-electron chi connectivity index (χ0n) is 12.0. The molecule has 0 radical (unpaired) electrons. The van der Waals surface area contributed by atoms with E-state index in [-0.39, 0.29) is 0 Å². The molecule has 1 heterocycles. The summed E-state index contributed by atoms with van der Waals surface area (Å²) in [6.45, 7) is 9.80. The maximum atomic E-state index is 3.92. The number of rotatable bonds is 3. The van der Waals surface area contributed by atoms with Crippen molar-refractivity contribution >= 4 is 11.3 Å². The van der Waals surface area contributed by atoms with Gasteiger partial charge in [-0.05, 0) is 54.4 Å². The Bertz CT molecular complexity index is 422. The van der Waals surface area contributed by atoms with Gasteiger partial charge in [0.2, 0.25) is 0 Å². The minimum atomic E-state index is 0.489. The largest absolute Gasteiger partial charge is 0.306 e. The summed E-state index contributed by atoms with van der Waals surface area (Å²) in [6, 6.07) is 5.61. The van der Waals surface area contributed by atoms with Gasteiger partial charge < -0.3 is 5.32 Å². The molecule has 2 saturated carbocycles. The van der Waals surface area contributed by atoms with E-state index in [9.17, 15) is 0 Å². The molecule has 1 nitrogen and oxygen atoms in total. The predicted molar refractivity (Wildman–Crippen MR) is 78.9 cm³/mol. The molecule has 2 aliphatic carbocycles. The summed E-state index contributed by atoms with van der Waals surface area (Å²) in [7, 11) is 0. The third-order valence-electron chi connectivity index (χ3n) is 6.22. The minimum Gasteiger partial charge on any atom is -0.306 e. The first-order valence-corrected chi connectivity index (χ1v) is 8.12. The van der Waals surface area contributed by atoms with Crippen LogP contribution in [0.2, 0.25) is 0 Å². The van der Waals surface area contributed by atoms with Crippen molar-refractivity contribution < 1.29 is 0 Å². The fourth-order valence-electron chi connectivity index (χ4n) is 4.38. The van der Waals surface area contributed by atoms with Gasteiger partial charge in [0.05, 0.1) is 0 Å². The molecule has 1 aromatic rings. The summed E-state index contributed by atoms with van der Waals surface area (Å²) >= 11 is 1.87. The van der Waals surface area contributed by atoms with E-state index in [1.807, 2.05) is 11.3 Å². The zero-order chi connectivity index (χ0) is 13.0. The molecule has 0 aliphatic heterocycles. The van der Waals surface area contributed by atoms with Crippen LogP contribution in [-0.2, 0) is 0 Å². The maximum absolute atomic E-state index is 3.92. The maximum Gasteiger partial charge on any atom is 0.0388 e. The van der Waals surface area contributed by atoms with E-state index in [1.54, 1.807) is 0 Å². The Morgan fingerprint density at radius 2 is 2.17 bits per heavy atom. The lowest BCUT2D eigenvalue weighted by Crippen LogP contribution is -2.45. The Morgan fingerprint density at radius 1 is 1.39 bits per heavy atom. The molecule has 100 valence electrons. The van der Waals surface area contributed by atoms with Gasteiger partial charge >= 0.3 is 0 Å². The van der Waals surface area contributed by atoms with Crippen molar-refractivity contribution in [2.45, 2.75) is 59.0 Å². The standard InChI is InChI=1S/C16H25NS/c1-11(13-6-5-9-18-13)17-14-10-12-7-8-16(14,4)15(12,2)3/h5-6,9,11-12,14,17H,7-8,10H2,1-4H3. The predicted octanol–water partition coefficient (Wildman–Crippen LogP) is 4.61. The molecule has 1 aromatic heterocycles. The van der Waals surface area contributed by atoms with Crippen molar-refractivity contribution in [3.05, 3.63) is 22.4 Å². The number of thiophene rings is 1. The molecule has 2 aliphatic rings. The van der Waals surface area contributed by atoms with E-state index in [2.05, 4.69) is 50.5 Å². The molecule has 4 atom stereocenters. The quantitative estimate of drug-likeness (QED) is 0.839. The normalized spacial score (nSPS) is 39.1. The summed E-state index contributed by atoms with van der Waals surface area (Å²) in [5.74, 6) is 0.926. The lowest BCUT2D eigenvalue weighted by atomic mass is 9.69. The molecule has 2 heteroatoms. The molecule has 0 saturated heterocycles. The third kappa shape index (κ3) is 1.61.